The Bertz CT molecular complexity index is 527. The van der Waals surface area contributed by atoms with E-state index in [4.69, 9.17) is 0 Å². The van der Waals surface area contributed by atoms with Crippen molar-refractivity contribution in [3.05, 3.63) is 29.3 Å². The van der Waals surface area contributed by atoms with Crippen LogP contribution in [0.25, 0.3) is 0 Å². The Morgan fingerprint density at radius 3 is 2.45 bits per heavy atom. The molecule has 0 saturated heterocycles. The van der Waals surface area contributed by atoms with Gasteiger partial charge in [0.1, 0.15) is 0 Å². The number of nitrogens with one attached hydrogen (secondary N) is 2. The van der Waals surface area contributed by atoms with Crippen molar-refractivity contribution in [2.75, 3.05) is 19.6 Å². The minimum absolute atomic E-state index is 0.0349. The summed E-state index contributed by atoms with van der Waals surface area (Å²) in [7, 11) is 0. The zero-order valence-electron chi connectivity index (χ0n) is 11.4. The lowest BCUT2D eigenvalue weighted by atomic mass is 10.1. The maximum absolute atomic E-state index is 13.0. The van der Waals surface area contributed by atoms with Crippen LogP contribution in [0.15, 0.2) is 23.2 Å². The highest BCUT2D eigenvalue weighted by atomic mass is 32.1. The fourth-order valence-electron chi connectivity index (χ4n) is 1.72. The lowest BCUT2D eigenvalue weighted by molar-refractivity contribution is -0.138. The van der Waals surface area contributed by atoms with Crippen molar-refractivity contribution in [1.29, 1.82) is 0 Å². The standard InChI is InChI=1S/C13H14F5N3S/c14-12(15)7-20-4-3-19-6-9-1-2-10(21-8-22)5-11(9)13(16,17)18/h1-2,5,12,19-20H,3-4,6-7H2. The highest BCUT2D eigenvalue weighted by molar-refractivity contribution is 7.78. The Morgan fingerprint density at radius 2 is 1.86 bits per heavy atom. The van der Waals surface area contributed by atoms with Gasteiger partial charge in [-0.15, -0.1) is 0 Å². The summed E-state index contributed by atoms with van der Waals surface area (Å²) in [5.41, 5.74) is -0.693. The quantitative estimate of drug-likeness (QED) is 0.330. The largest absolute Gasteiger partial charge is 0.416 e. The number of hydrogen-bond donors (Lipinski definition) is 2. The maximum atomic E-state index is 13.0. The van der Waals surface area contributed by atoms with E-state index in [9.17, 15) is 22.0 Å². The number of halogens is 5. The van der Waals surface area contributed by atoms with E-state index >= 15 is 0 Å². The Morgan fingerprint density at radius 1 is 1.18 bits per heavy atom. The Balaban J connectivity index is 2.64. The van der Waals surface area contributed by atoms with Crippen LogP contribution in [0.3, 0.4) is 0 Å². The summed E-state index contributed by atoms with van der Waals surface area (Å²) in [4.78, 5) is 3.52. The highest BCUT2D eigenvalue weighted by Crippen LogP contribution is 2.34. The van der Waals surface area contributed by atoms with E-state index in [0.717, 1.165) is 6.07 Å². The summed E-state index contributed by atoms with van der Waals surface area (Å²) in [5.74, 6) is 0. The molecule has 0 bridgehead atoms. The lowest BCUT2D eigenvalue weighted by Gasteiger charge is -2.14. The summed E-state index contributed by atoms with van der Waals surface area (Å²) in [6.45, 7) is 0.0232. The van der Waals surface area contributed by atoms with Gasteiger partial charge in [-0.05, 0) is 29.9 Å². The van der Waals surface area contributed by atoms with Gasteiger partial charge in [0.2, 0.25) is 0 Å². The van der Waals surface area contributed by atoms with E-state index in [2.05, 4.69) is 27.8 Å². The van der Waals surface area contributed by atoms with Crippen LogP contribution in [-0.4, -0.2) is 31.2 Å². The second-order valence-electron chi connectivity index (χ2n) is 4.31. The highest BCUT2D eigenvalue weighted by Gasteiger charge is 2.33. The van der Waals surface area contributed by atoms with Crippen molar-refractivity contribution in [3.8, 4) is 0 Å². The number of benzene rings is 1. The second-order valence-corrected chi connectivity index (χ2v) is 4.50. The van der Waals surface area contributed by atoms with Gasteiger partial charge in [0.05, 0.1) is 23.0 Å². The molecule has 0 aliphatic heterocycles. The van der Waals surface area contributed by atoms with Crippen LogP contribution in [0, 0.1) is 0 Å². The van der Waals surface area contributed by atoms with Gasteiger partial charge in [-0.2, -0.15) is 18.2 Å². The molecular formula is C13H14F5N3S. The first kappa shape index (κ1) is 18.6. The molecule has 0 saturated carbocycles. The average molecular weight is 339 g/mol. The van der Waals surface area contributed by atoms with Crippen LogP contribution in [-0.2, 0) is 12.7 Å². The summed E-state index contributed by atoms with van der Waals surface area (Å²) < 4.78 is 62.7. The normalized spacial score (nSPS) is 11.5. The van der Waals surface area contributed by atoms with Gasteiger partial charge in [0.25, 0.3) is 6.43 Å². The molecule has 0 spiro atoms. The van der Waals surface area contributed by atoms with Crippen LogP contribution in [0.1, 0.15) is 11.1 Å². The zero-order valence-corrected chi connectivity index (χ0v) is 12.2. The predicted octanol–water partition coefficient (Wildman–Crippen LogP) is 3.38. The molecule has 0 aliphatic rings. The third-order valence-electron chi connectivity index (χ3n) is 2.67. The number of alkyl halides is 5. The van der Waals surface area contributed by atoms with E-state index in [1.807, 2.05) is 5.16 Å². The summed E-state index contributed by atoms with van der Waals surface area (Å²) in [5, 5.41) is 7.25. The predicted molar refractivity (Wildman–Crippen MR) is 76.7 cm³/mol. The Kier molecular flexibility index (Phi) is 7.53. The first-order chi connectivity index (χ1) is 10.3. The van der Waals surface area contributed by atoms with Gasteiger partial charge in [-0.3, -0.25) is 0 Å². The van der Waals surface area contributed by atoms with Crippen LogP contribution in [0.2, 0.25) is 0 Å². The molecule has 3 nitrogen and oxygen atoms in total. The van der Waals surface area contributed by atoms with E-state index in [1.165, 1.54) is 12.1 Å². The third-order valence-corrected chi connectivity index (χ3v) is 2.76. The molecule has 2 N–H and O–H groups in total. The van der Waals surface area contributed by atoms with Crippen molar-refractivity contribution in [2.45, 2.75) is 19.1 Å². The van der Waals surface area contributed by atoms with Crippen molar-refractivity contribution in [1.82, 2.24) is 10.6 Å². The molecule has 9 heteroatoms. The van der Waals surface area contributed by atoms with Gasteiger partial charge < -0.3 is 10.6 Å². The van der Waals surface area contributed by atoms with Gasteiger partial charge in [0, 0.05) is 19.6 Å². The first-order valence-corrected chi connectivity index (χ1v) is 6.73. The minimum Gasteiger partial charge on any atom is -0.311 e. The number of hydrogen-bond acceptors (Lipinski definition) is 4. The molecule has 0 radical (unpaired) electrons. The lowest BCUT2D eigenvalue weighted by Crippen LogP contribution is -2.30. The molecule has 0 fully saturated rings. The average Bonchev–Trinajstić information content (AvgIpc) is 2.42. The van der Waals surface area contributed by atoms with Crippen molar-refractivity contribution >= 4 is 23.1 Å². The molecule has 1 rings (SSSR count). The smallest absolute Gasteiger partial charge is 0.311 e. The zero-order chi connectivity index (χ0) is 16.6. The number of nitrogens with zero attached hydrogens (tertiary/aromatic N) is 1. The monoisotopic (exact) mass is 339 g/mol. The topological polar surface area (TPSA) is 36.4 Å². The maximum Gasteiger partial charge on any atom is 0.416 e. The summed E-state index contributed by atoms with van der Waals surface area (Å²) in [6, 6.07) is 3.60. The number of isothiocyanates is 1. The van der Waals surface area contributed by atoms with Crippen molar-refractivity contribution in [2.24, 2.45) is 4.99 Å². The molecule has 0 atom stereocenters. The SMILES string of the molecule is FC(F)CNCCNCc1ccc(N=C=S)cc1C(F)(F)F. The van der Waals surface area contributed by atoms with Crippen LogP contribution < -0.4 is 10.6 Å². The van der Waals surface area contributed by atoms with Gasteiger partial charge in [-0.1, -0.05) is 6.07 Å². The van der Waals surface area contributed by atoms with Gasteiger partial charge in [-0.25, -0.2) is 8.78 Å². The fraction of sp³-hybridized carbons (Fsp3) is 0.462. The summed E-state index contributed by atoms with van der Waals surface area (Å²) in [6.07, 6.45) is -6.97. The number of thiocarbonyl (C=S) groups is 1. The number of rotatable bonds is 8. The van der Waals surface area contributed by atoms with E-state index in [-0.39, 0.29) is 30.9 Å². The second kappa shape index (κ2) is 8.89. The van der Waals surface area contributed by atoms with E-state index in [0.29, 0.717) is 0 Å². The minimum atomic E-state index is -4.52. The molecule has 0 aromatic heterocycles. The van der Waals surface area contributed by atoms with E-state index < -0.39 is 24.7 Å². The molecule has 1 aromatic carbocycles. The molecule has 122 valence electrons. The van der Waals surface area contributed by atoms with Gasteiger partial charge in [0.15, 0.2) is 0 Å². The molecule has 0 unspecified atom stereocenters. The Hall–Kier alpha value is -1.41. The molecule has 0 heterocycles. The van der Waals surface area contributed by atoms with Crippen LogP contribution >= 0.6 is 12.2 Å². The molecule has 0 amide bonds. The number of aliphatic imine (C=N–C) groups is 1. The van der Waals surface area contributed by atoms with E-state index in [1.54, 1.807) is 0 Å². The Labute approximate surface area is 129 Å². The molecular weight excluding hydrogens is 325 g/mol. The van der Waals surface area contributed by atoms with Gasteiger partial charge >= 0.3 is 6.18 Å². The van der Waals surface area contributed by atoms with Crippen LogP contribution in [0.4, 0.5) is 27.6 Å². The van der Waals surface area contributed by atoms with Crippen molar-refractivity contribution in [3.63, 3.8) is 0 Å². The molecule has 22 heavy (non-hydrogen) atoms. The third kappa shape index (κ3) is 6.57. The van der Waals surface area contributed by atoms with Crippen molar-refractivity contribution < 1.29 is 22.0 Å². The molecule has 1 aromatic rings. The summed E-state index contributed by atoms with van der Waals surface area (Å²) >= 11 is 4.36. The fourth-order valence-corrected chi connectivity index (χ4v) is 1.82. The molecule has 0 aliphatic carbocycles. The first-order valence-electron chi connectivity index (χ1n) is 6.32. The van der Waals surface area contributed by atoms with Crippen LogP contribution in [0.5, 0.6) is 0 Å².